The molecule has 8 aromatic carbocycles. The Morgan fingerprint density at radius 3 is 1.06 bits per heavy atom. The monoisotopic (exact) mass is 962 g/mol. The Labute approximate surface area is 424 Å². The molecule has 3 unspecified atom stereocenters. The van der Waals surface area contributed by atoms with Crippen LogP contribution in [0.3, 0.4) is 0 Å². The third-order valence-corrected chi connectivity index (χ3v) is 14.4. The highest BCUT2D eigenvalue weighted by Gasteiger charge is 2.34. The molecule has 0 spiro atoms. The summed E-state index contributed by atoms with van der Waals surface area (Å²) >= 11 is 0. The maximum Gasteiger partial charge on any atom is 0.126 e. The lowest BCUT2D eigenvalue weighted by atomic mass is 9.75. The van der Waals surface area contributed by atoms with Crippen LogP contribution in [-0.2, 0) is 6.42 Å². The number of ether oxygens (including phenoxy) is 4. The molecule has 0 aliphatic heterocycles. The molecular formula is C64H66O8. The first-order chi connectivity index (χ1) is 34.4. The summed E-state index contributed by atoms with van der Waals surface area (Å²) in [6, 6.07) is 41.4. The van der Waals surface area contributed by atoms with Gasteiger partial charge < -0.3 is 39.4 Å². The lowest BCUT2D eigenvalue weighted by molar-refractivity contribution is 0.395. The van der Waals surface area contributed by atoms with Crippen molar-refractivity contribution in [2.24, 2.45) is 0 Å². The van der Waals surface area contributed by atoms with Gasteiger partial charge in [-0.3, -0.25) is 0 Å². The molecule has 72 heavy (non-hydrogen) atoms. The van der Waals surface area contributed by atoms with E-state index in [4.69, 9.17) is 18.9 Å². The number of phenolic OH excluding ortho intramolecular Hbond substituents is 4. The number of methoxy groups -OCH3 is 4. The summed E-state index contributed by atoms with van der Waals surface area (Å²) in [7, 11) is 6.37. The summed E-state index contributed by atoms with van der Waals surface area (Å²) in [6.45, 7) is 16.6. The van der Waals surface area contributed by atoms with Crippen molar-refractivity contribution in [2.75, 3.05) is 28.4 Å². The van der Waals surface area contributed by atoms with Crippen molar-refractivity contribution in [1.82, 2.24) is 0 Å². The zero-order chi connectivity index (χ0) is 51.7. The van der Waals surface area contributed by atoms with E-state index >= 15 is 0 Å². The van der Waals surface area contributed by atoms with Gasteiger partial charge in [0.15, 0.2) is 0 Å². The number of aromatic hydroxyl groups is 4. The largest absolute Gasteiger partial charge is 0.508 e. The Hall–Kier alpha value is -7.84. The molecule has 0 aromatic heterocycles. The topological polar surface area (TPSA) is 118 Å². The first-order valence-electron chi connectivity index (χ1n) is 24.3. The fourth-order valence-electron chi connectivity index (χ4n) is 10.8. The van der Waals surface area contributed by atoms with Gasteiger partial charge in [0.2, 0.25) is 0 Å². The molecule has 0 saturated heterocycles. The van der Waals surface area contributed by atoms with E-state index in [9.17, 15) is 20.4 Å². The Morgan fingerprint density at radius 2 is 0.653 bits per heavy atom. The molecule has 8 nitrogen and oxygen atoms in total. The van der Waals surface area contributed by atoms with Crippen molar-refractivity contribution >= 4 is 0 Å². The number of phenols is 4. The number of benzene rings is 8. The van der Waals surface area contributed by atoms with E-state index in [1.807, 2.05) is 31.2 Å². The van der Waals surface area contributed by atoms with Gasteiger partial charge in [-0.25, -0.2) is 0 Å². The third kappa shape index (κ3) is 9.91. The minimum absolute atomic E-state index is 0.00347. The van der Waals surface area contributed by atoms with Crippen molar-refractivity contribution in [3.05, 3.63) is 233 Å². The average Bonchev–Trinajstić information content (AvgIpc) is 3.34. The minimum atomic E-state index is -0.685. The summed E-state index contributed by atoms with van der Waals surface area (Å²) < 4.78 is 24.4. The number of rotatable bonds is 15. The van der Waals surface area contributed by atoms with E-state index in [2.05, 4.69) is 121 Å². The lowest BCUT2D eigenvalue weighted by Gasteiger charge is -2.30. The van der Waals surface area contributed by atoms with E-state index in [1.165, 1.54) is 5.56 Å². The van der Waals surface area contributed by atoms with Crippen LogP contribution in [0.4, 0.5) is 0 Å². The fourth-order valence-corrected chi connectivity index (χ4v) is 10.8. The molecule has 0 radical (unpaired) electrons. The zero-order valence-electron chi connectivity index (χ0n) is 43.5. The second kappa shape index (κ2) is 20.9. The van der Waals surface area contributed by atoms with E-state index in [-0.39, 0.29) is 23.0 Å². The van der Waals surface area contributed by atoms with Gasteiger partial charge in [-0.15, -0.1) is 0 Å². The summed E-state index contributed by atoms with van der Waals surface area (Å²) in [4.78, 5) is 0. The second-order valence-corrected chi connectivity index (χ2v) is 19.4. The van der Waals surface area contributed by atoms with Crippen molar-refractivity contribution in [3.63, 3.8) is 0 Å². The van der Waals surface area contributed by atoms with Crippen LogP contribution < -0.4 is 18.9 Å². The molecule has 0 aliphatic rings. The van der Waals surface area contributed by atoms with Crippen LogP contribution in [0.1, 0.15) is 123 Å². The normalized spacial score (nSPS) is 12.6. The summed E-state index contributed by atoms with van der Waals surface area (Å²) in [6.07, 6.45) is 0.566. The quantitative estimate of drug-likeness (QED) is 0.0751. The average molecular weight is 963 g/mol. The number of aryl methyl sites for hydroxylation is 8. The molecule has 0 amide bonds. The predicted octanol–water partition coefficient (Wildman–Crippen LogP) is 14.1. The van der Waals surface area contributed by atoms with Crippen LogP contribution in [0.2, 0.25) is 0 Å². The van der Waals surface area contributed by atoms with Gasteiger partial charge in [-0.1, -0.05) is 101 Å². The molecule has 0 heterocycles. The van der Waals surface area contributed by atoms with E-state index in [0.717, 1.165) is 72.3 Å². The van der Waals surface area contributed by atoms with E-state index in [0.29, 0.717) is 57.2 Å². The molecule has 8 rings (SSSR count). The molecule has 8 heteroatoms. The van der Waals surface area contributed by atoms with Crippen LogP contribution in [0.25, 0.3) is 0 Å². The molecule has 3 atom stereocenters. The molecule has 4 N–H and O–H groups in total. The molecular weight excluding hydrogens is 897 g/mol. The molecule has 370 valence electrons. The Morgan fingerprint density at radius 1 is 0.306 bits per heavy atom. The highest BCUT2D eigenvalue weighted by atomic mass is 16.5. The molecule has 0 saturated carbocycles. The maximum absolute atomic E-state index is 12.6. The second-order valence-electron chi connectivity index (χ2n) is 19.4. The molecule has 8 aromatic rings. The predicted molar refractivity (Wildman–Crippen MR) is 288 cm³/mol. The Kier molecular flexibility index (Phi) is 14.6. The highest BCUT2D eigenvalue weighted by Crippen LogP contribution is 2.52. The summed E-state index contributed by atoms with van der Waals surface area (Å²) in [5.74, 6) is 0.0884. The lowest BCUT2D eigenvalue weighted by Crippen LogP contribution is -2.14. The summed E-state index contributed by atoms with van der Waals surface area (Å²) in [5, 5.41) is 47.8. The van der Waals surface area contributed by atoms with Crippen LogP contribution >= 0.6 is 0 Å². The number of hydrogen-bond donors (Lipinski definition) is 4. The SMILES string of the molecule is COc1cc(O)c(C(c2ccc(C)cc2C)c2cc(C(c3ccc(C)cc3C)c3cc(C(c4ccc(C)cc4C)c4ccc(O)cc4OC)c(O)cc3OC)c(O)cc2OC)cc1Cc1ccc(C)cc1C. The van der Waals surface area contributed by atoms with E-state index in [1.54, 1.807) is 58.8 Å². The summed E-state index contributed by atoms with van der Waals surface area (Å²) in [5.41, 5.74) is 17.3. The van der Waals surface area contributed by atoms with Crippen molar-refractivity contribution in [3.8, 4) is 46.0 Å². The van der Waals surface area contributed by atoms with Gasteiger partial charge >= 0.3 is 0 Å². The Bertz CT molecular complexity index is 3330. The van der Waals surface area contributed by atoms with Gasteiger partial charge in [-0.2, -0.15) is 0 Å². The van der Waals surface area contributed by atoms with Crippen molar-refractivity contribution in [1.29, 1.82) is 0 Å². The third-order valence-electron chi connectivity index (χ3n) is 14.4. The van der Waals surface area contributed by atoms with Gasteiger partial charge in [0, 0.05) is 81.8 Å². The smallest absolute Gasteiger partial charge is 0.126 e. The van der Waals surface area contributed by atoms with Gasteiger partial charge in [-0.05, 0) is 130 Å². The minimum Gasteiger partial charge on any atom is -0.508 e. The molecule has 0 bridgehead atoms. The van der Waals surface area contributed by atoms with Crippen molar-refractivity contribution < 1.29 is 39.4 Å². The van der Waals surface area contributed by atoms with Crippen LogP contribution in [0.15, 0.2) is 127 Å². The van der Waals surface area contributed by atoms with Gasteiger partial charge in [0.25, 0.3) is 0 Å². The molecule has 0 aliphatic carbocycles. The van der Waals surface area contributed by atoms with Crippen LogP contribution in [0.5, 0.6) is 46.0 Å². The standard InChI is InChI=1S/C64H66O8/c1-35-13-17-43(39(5)23-35)27-44-28-50(55(66)32-58(44)69-9)63(47-20-15-37(3)25-41(47)7)53-31-52(57(68)34-60(53)71-11)64(48-21-16-38(4)26-42(48)8)54-30-51(56(67)33-61(54)72-12)62(46-19-14-36(2)24-40(46)6)49-22-18-45(65)29-59(49)70-10/h13-26,28-34,62-68H,27H2,1-12H3. The first-order valence-corrected chi connectivity index (χ1v) is 24.3. The van der Waals surface area contributed by atoms with Gasteiger partial charge in [0.05, 0.1) is 28.4 Å². The fraction of sp³-hybridized carbons (Fsp3) is 0.250. The maximum atomic E-state index is 12.6. The molecule has 0 fully saturated rings. The number of hydrogen-bond acceptors (Lipinski definition) is 8. The Balaban J connectivity index is 1.44. The van der Waals surface area contributed by atoms with Gasteiger partial charge in [0.1, 0.15) is 46.0 Å². The highest BCUT2D eigenvalue weighted by molar-refractivity contribution is 5.66. The van der Waals surface area contributed by atoms with Crippen LogP contribution in [-0.4, -0.2) is 48.9 Å². The first kappa shape index (κ1) is 50.5. The van der Waals surface area contributed by atoms with Crippen LogP contribution in [0, 0.1) is 55.4 Å². The van der Waals surface area contributed by atoms with E-state index < -0.39 is 17.8 Å². The van der Waals surface area contributed by atoms with Crippen molar-refractivity contribution in [2.45, 2.75) is 79.6 Å². The zero-order valence-corrected chi connectivity index (χ0v) is 43.5.